The molecule has 1 aromatic carbocycles. The van der Waals surface area contributed by atoms with Crippen LogP contribution in [0.3, 0.4) is 0 Å². The Morgan fingerprint density at radius 1 is 0.826 bits per heavy atom. The first-order valence-electron chi connectivity index (χ1n) is 8.98. The minimum atomic E-state index is 0.404. The molecule has 0 radical (unpaired) electrons. The number of rotatable bonds is 12. The summed E-state index contributed by atoms with van der Waals surface area (Å²) in [7, 11) is 0. The second-order valence-electron chi connectivity index (χ2n) is 6.03. The molecule has 1 aromatic rings. The van der Waals surface area contributed by atoms with Crippen molar-refractivity contribution in [3.8, 4) is 11.5 Å². The van der Waals surface area contributed by atoms with Crippen LogP contribution in [-0.2, 0) is 0 Å². The average Bonchev–Trinajstić information content (AvgIpc) is 2.54. The van der Waals surface area contributed by atoms with Crippen LogP contribution >= 0.6 is 0 Å². The predicted octanol–water partition coefficient (Wildman–Crippen LogP) is 6.40. The van der Waals surface area contributed by atoms with Gasteiger partial charge < -0.3 is 9.47 Å². The quantitative estimate of drug-likeness (QED) is 0.331. The minimum Gasteiger partial charge on any atom is -0.486 e. The molecular weight excluding hydrogens is 288 g/mol. The number of diazo groups is 1. The maximum absolute atomic E-state index is 9.34. The van der Waals surface area contributed by atoms with Gasteiger partial charge in [0.15, 0.2) is 4.98 Å². The Morgan fingerprint density at radius 3 is 1.70 bits per heavy atom. The molecule has 0 aliphatic carbocycles. The molecule has 0 aromatic heterocycles. The normalized spacial score (nSPS) is 10.3. The first-order valence-corrected chi connectivity index (χ1v) is 8.98. The highest BCUT2D eigenvalue weighted by atomic mass is 16.5. The number of unbranched alkanes of at least 4 members (excludes halogenated alkanes) is 6. The molecule has 0 amide bonds. The van der Waals surface area contributed by atoms with Gasteiger partial charge in [-0.05, 0) is 37.5 Å². The Bertz CT molecular complexity index is 460. The molecule has 0 aliphatic rings. The van der Waals surface area contributed by atoms with Gasteiger partial charge in [-0.1, -0.05) is 52.4 Å². The molecule has 0 atom stereocenters. The maximum Gasteiger partial charge on any atom is 0.467 e. The Labute approximate surface area is 140 Å². The fourth-order valence-corrected chi connectivity index (χ4v) is 2.45. The molecule has 4 nitrogen and oxygen atoms in total. The molecule has 0 saturated heterocycles. The van der Waals surface area contributed by atoms with Crippen molar-refractivity contribution in [2.75, 3.05) is 13.2 Å². The van der Waals surface area contributed by atoms with Gasteiger partial charge in [-0.25, -0.2) is 0 Å². The zero-order valence-corrected chi connectivity index (χ0v) is 14.9. The lowest BCUT2D eigenvalue weighted by atomic mass is 10.2. The van der Waals surface area contributed by atoms with E-state index in [0.29, 0.717) is 30.4 Å². The number of hydrogen-bond acceptors (Lipinski definition) is 3. The molecule has 0 fully saturated rings. The number of benzene rings is 1. The van der Waals surface area contributed by atoms with Crippen LogP contribution < -0.4 is 9.47 Å². The van der Waals surface area contributed by atoms with Crippen LogP contribution in [0.4, 0.5) is 5.69 Å². The van der Waals surface area contributed by atoms with Crippen molar-refractivity contribution < 1.29 is 9.47 Å². The van der Waals surface area contributed by atoms with Gasteiger partial charge >= 0.3 is 5.69 Å². The fraction of sp³-hybridized carbons (Fsp3) is 0.684. The molecular formula is C19H31N2O2+. The van der Waals surface area contributed by atoms with Gasteiger partial charge in [-0.15, -0.1) is 0 Å². The van der Waals surface area contributed by atoms with Gasteiger partial charge in [0.1, 0.15) is 0 Å². The van der Waals surface area contributed by atoms with E-state index in [-0.39, 0.29) is 0 Å². The zero-order chi connectivity index (χ0) is 16.9. The van der Waals surface area contributed by atoms with E-state index in [1.54, 1.807) is 0 Å². The maximum atomic E-state index is 9.34. The molecule has 0 saturated carbocycles. The largest absolute Gasteiger partial charge is 0.486 e. The van der Waals surface area contributed by atoms with Crippen molar-refractivity contribution in [2.24, 2.45) is 0 Å². The van der Waals surface area contributed by atoms with Crippen LogP contribution in [0.2, 0.25) is 0 Å². The molecule has 0 heterocycles. The van der Waals surface area contributed by atoms with Crippen LogP contribution in [0.5, 0.6) is 11.5 Å². The van der Waals surface area contributed by atoms with E-state index in [1.807, 2.05) is 19.1 Å². The van der Waals surface area contributed by atoms with Crippen LogP contribution in [0.1, 0.15) is 70.8 Å². The molecule has 128 valence electrons. The third-order valence-electron chi connectivity index (χ3n) is 3.80. The van der Waals surface area contributed by atoms with Crippen LogP contribution in [0.25, 0.3) is 4.98 Å². The minimum absolute atomic E-state index is 0.404. The summed E-state index contributed by atoms with van der Waals surface area (Å²) in [5.41, 5.74) is 1.45. The summed E-state index contributed by atoms with van der Waals surface area (Å²) in [6.45, 7) is 7.65. The highest BCUT2D eigenvalue weighted by Gasteiger charge is 2.24. The topological polar surface area (TPSA) is 46.6 Å². The average molecular weight is 319 g/mol. The van der Waals surface area contributed by atoms with Gasteiger partial charge in [0, 0.05) is 0 Å². The van der Waals surface area contributed by atoms with Crippen molar-refractivity contribution in [1.82, 2.24) is 0 Å². The van der Waals surface area contributed by atoms with E-state index in [4.69, 9.17) is 9.47 Å². The lowest BCUT2D eigenvalue weighted by molar-refractivity contribution is 0.293. The Kier molecular flexibility index (Phi) is 9.86. The van der Waals surface area contributed by atoms with E-state index in [0.717, 1.165) is 31.2 Å². The standard InChI is InChI=1S/C19H31N2O2/c1-4-6-8-10-12-22-17-14-16(3)15-18(19(17)21-20)23-13-11-9-7-5-2/h14-15H,4-13H2,1-3H3/q+1. The summed E-state index contributed by atoms with van der Waals surface area (Å²) in [4.78, 5) is 3.39. The highest BCUT2D eigenvalue weighted by molar-refractivity contribution is 5.67. The lowest BCUT2D eigenvalue weighted by Gasteiger charge is -2.09. The van der Waals surface area contributed by atoms with Crippen molar-refractivity contribution in [1.29, 1.82) is 5.39 Å². The second-order valence-corrected chi connectivity index (χ2v) is 6.03. The number of aryl methyl sites for hydroxylation is 1. The predicted molar refractivity (Wildman–Crippen MR) is 95.2 cm³/mol. The zero-order valence-electron chi connectivity index (χ0n) is 14.9. The van der Waals surface area contributed by atoms with E-state index >= 15 is 0 Å². The monoisotopic (exact) mass is 319 g/mol. The number of nitrogens with zero attached hydrogens (tertiary/aromatic N) is 2. The van der Waals surface area contributed by atoms with Crippen molar-refractivity contribution in [3.05, 3.63) is 22.7 Å². The molecule has 0 N–H and O–H groups in total. The molecule has 4 heteroatoms. The molecule has 1 rings (SSSR count). The van der Waals surface area contributed by atoms with E-state index in [9.17, 15) is 5.39 Å². The summed E-state index contributed by atoms with van der Waals surface area (Å²) in [5, 5.41) is 9.34. The number of hydrogen-bond donors (Lipinski definition) is 0. The Hall–Kier alpha value is -1.76. The van der Waals surface area contributed by atoms with Crippen LogP contribution in [-0.4, -0.2) is 13.2 Å². The van der Waals surface area contributed by atoms with E-state index in [1.165, 1.54) is 25.7 Å². The third-order valence-corrected chi connectivity index (χ3v) is 3.80. The van der Waals surface area contributed by atoms with Crippen molar-refractivity contribution in [3.63, 3.8) is 0 Å². The summed E-state index contributed by atoms with van der Waals surface area (Å²) >= 11 is 0. The fourth-order valence-electron chi connectivity index (χ4n) is 2.45. The second kappa shape index (κ2) is 11.8. The number of ether oxygens (including phenoxy) is 2. The molecule has 0 unspecified atom stereocenters. The first-order chi connectivity index (χ1) is 11.2. The van der Waals surface area contributed by atoms with Crippen LogP contribution in [0.15, 0.2) is 12.1 Å². The molecule has 0 bridgehead atoms. The summed E-state index contributed by atoms with van der Waals surface area (Å²) < 4.78 is 11.6. The van der Waals surface area contributed by atoms with Crippen molar-refractivity contribution in [2.45, 2.75) is 72.1 Å². The van der Waals surface area contributed by atoms with E-state index < -0.39 is 0 Å². The van der Waals surface area contributed by atoms with E-state index in [2.05, 4.69) is 18.8 Å². The van der Waals surface area contributed by atoms with Gasteiger partial charge in [0.25, 0.3) is 0 Å². The van der Waals surface area contributed by atoms with Gasteiger partial charge in [0.2, 0.25) is 16.9 Å². The van der Waals surface area contributed by atoms with Crippen LogP contribution in [0, 0.1) is 12.3 Å². The third kappa shape index (κ3) is 7.36. The Balaban J connectivity index is 2.62. The van der Waals surface area contributed by atoms with Gasteiger partial charge in [-0.3, -0.25) is 0 Å². The van der Waals surface area contributed by atoms with Gasteiger partial charge in [-0.2, -0.15) is 0 Å². The molecule has 0 spiro atoms. The summed E-state index contributed by atoms with van der Waals surface area (Å²) in [6.07, 6.45) is 9.21. The smallest absolute Gasteiger partial charge is 0.467 e. The SMILES string of the molecule is CCCCCCOc1cc(C)cc(OCCCCCC)c1[N+]#N. The first kappa shape index (κ1) is 19.3. The highest BCUT2D eigenvalue weighted by Crippen LogP contribution is 2.39. The molecule has 23 heavy (non-hydrogen) atoms. The van der Waals surface area contributed by atoms with Gasteiger partial charge in [0.05, 0.1) is 13.2 Å². The summed E-state index contributed by atoms with van der Waals surface area (Å²) in [6, 6.07) is 3.80. The van der Waals surface area contributed by atoms with Crippen molar-refractivity contribution >= 4 is 5.69 Å². The lowest BCUT2D eigenvalue weighted by Crippen LogP contribution is -2.01. The summed E-state index contributed by atoms with van der Waals surface area (Å²) in [5.74, 6) is 1.21. The Morgan fingerprint density at radius 2 is 1.30 bits per heavy atom. The molecule has 0 aliphatic heterocycles.